The van der Waals surface area contributed by atoms with Gasteiger partial charge < -0.3 is 14.8 Å². The second-order valence-electron chi connectivity index (χ2n) is 10.5. The number of anilines is 1. The van der Waals surface area contributed by atoms with Crippen LogP contribution in [0.1, 0.15) is 44.1 Å². The molecule has 2 saturated heterocycles. The van der Waals surface area contributed by atoms with E-state index in [0.29, 0.717) is 43.3 Å². The molecule has 216 valence electrons. The van der Waals surface area contributed by atoms with E-state index < -0.39 is 23.7 Å². The third-order valence-corrected chi connectivity index (χ3v) is 7.81. The van der Waals surface area contributed by atoms with Gasteiger partial charge in [0.15, 0.2) is 0 Å². The third kappa shape index (κ3) is 5.76. The quantitative estimate of drug-likeness (QED) is 0.436. The molecule has 6 rings (SSSR count). The molecule has 13 heteroatoms. The Kier molecular flexibility index (Phi) is 7.37. The van der Waals surface area contributed by atoms with Crippen LogP contribution in [0.25, 0.3) is 10.9 Å². The van der Waals surface area contributed by atoms with E-state index in [1.54, 1.807) is 0 Å². The Morgan fingerprint density at radius 2 is 1.66 bits per heavy atom. The van der Waals surface area contributed by atoms with Gasteiger partial charge in [-0.05, 0) is 69.8 Å². The smallest absolute Gasteiger partial charge is 0.417 e. The van der Waals surface area contributed by atoms with Gasteiger partial charge in [0.1, 0.15) is 30.8 Å². The highest BCUT2D eigenvalue weighted by atomic mass is 19.4. The molecule has 0 atom stereocenters. The summed E-state index contributed by atoms with van der Waals surface area (Å²) in [6, 6.07) is 5.51. The molecule has 3 aromatic rings. The zero-order valence-corrected chi connectivity index (χ0v) is 22.1. The van der Waals surface area contributed by atoms with Crippen molar-refractivity contribution in [3.8, 4) is 11.6 Å². The van der Waals surface area contributed by atoms with Gasteiger partial charge in [0.2, 0.25) is 5.88 Å². The van der Waals surface area contributed by atoms with Crippen molar-refractivity contribution in [3.63, 3.8) is 0 Å². The number of benzene rings is 1. The lowest BCUT2D eigenvalue weighted by molar-refractivity contribution is -0.137. The molecule has 2 aromatic heterocycles. The summed E-state index contributed by atoms with van der Waals surface area (Å²) in [6.07, 6.45) is 2.77. The molecule has 0 unspecified atom stereocenters. The number of rotatable bonds is 6. The molecule has 1 aromatic carbocycles. The molecule has 4 heterocycles. The van der Waals surface area contributed by atoms with Crippen LogP contribution in [0.5, 0.6) is 11.6 Å². The number of carbonyl (C=O) groups is 2. The Balaban J connectivity index is 1.08. The molecule has 10 nitrogen and oxygen atoms in total. The number of urea groups is 1. The highest BCUT2D eigenvalue weighted by Gasteiger charge is 2.43. The van der Waals surface area contributed by atoms with E-state index in [0.717, 1.165) is 54.2 Å². The van der Waals surface area contributed by atoms with Crippen LogP contribution in [0.4, 0.5) is 23.7 Å². The molecular formula is C28H29F3N6O4. The summed E-state index contributed by atoms with van der Waals surface area (Å²) in [5, 5.41) is 4.09. The van der Waals surface area contributed by atoms with Crippen molar-refractivity contribution in [3.05, 3.63) is 48.5 Å². The molecule has 1 N–H and O–H groups in total. The maximum absolute atomic E-state index is 13.1. The van der Waals surface area contributed by atoms with Gasteiger partial charge >= 0.3 is 12.2 Å². The van der Waals surface area contributed by atoms with Crippen LogP contribution < -0.4 is 19.7 Å². The highest BCUT2D eigenvalue weighted by Crippen LogP contribution is 2.35. The van der Waals surface area contributed by atoms with Gasteiger partial charge in [-0.3, -0.25) is 19.6 Å². The zero-order valence-electron chi connectivity index (χ0n) is 22.1. The summed E-state index contributed by atoms with van der Waals surface area (Å²) in [5.74, 6) is 0.772. The summed E-state index contributed by atoms with van der Waals surface area (Å²) < 4.78 is 51.8. The number of amides is 3. The fourth-order valence-electron chi connectivity index (χ4n) is 5.67. The number of ether oxygens (including phenoxy) is 2. The molecule has 0 radical (unpaired) electrons. The molecule has 41 heavy (non-hydrogen) atoms. The number of carbonyl (C=O) groups excluding carboxylic acids is 2. The first-order chi connectivity index (χ1) is 19.8. The van der Waals surface area contributed by atoms with Crippen LogP contribution in [-0.4, -0.2) is 69.7 Å². The standard InChI is InChI=1S/C28H29F3N6O4/c29-28(30,31)17-11-19(14-33-13-17)36-15-25(38)37(27(36)39)18-1-3-20(4-2-18)41-26-23-6-5-22(12-24(23)34-16-35-26)40-21-7-9-32-10-8-21/h5-6,11-14,16,18,20-21,32H,1-4,7-10,15H2. The number of halogens is 3. The average molecular weight is 571 g/mol. The Morgan fingerprint density at radius 3 is 2.41 bits per heavy atom. The molecule has 0 spiro atoms. The van der Waals surface area contributed by atoms with Gasteiger partial charge in [0.25, 0.3) is 5.91 Å². The number of nitrogens with one attached hydrogen (secondary N) is 1. The van der Waals surface area contributed by atoms with Crippen molar-refractivity contribution >= 4 is 28.5 Å². The topological polar surface area (TPSA) is 110 Å². The second-order valence-corrected chi connectivity index (χ2v) is 10.5. The molecule has 3 amide bonds. The number of alkyl halides is 3. The normalized spacial score (nSPS) is 22.4. The van der Waals surface area contributed by atoms with Gasteiger partial charge in [-0.2, -0.15) is 13.2 Å². The summed E-state index contributed by atoms with van der Waals surface area (Å²) in [5.41, 5.74) is -0.320. The van der Waals surface area contributed by atoms with Gasteiger partial charge in [0.05, 0.1) is 28.4 Å². The van der Waals surface area contributed by atoms with E-state index in [1.807, 2.05) is 18.2 Å². The van der Waals surface area contributed by atoms with Crippen molar-refractivity contribution in [2.45, 2.75) is 63.0 Å². The number of nitrogens with zero attached hydrogens (tertiary/aromatic N) is 5. The SMILES string of the molecule is O=C1CN(c2cncc(C(F)(F)F)c2)C(=O)N1C1CCC(Oc2ncnc3cc(OC4CCNCC4)ccc23)CC1. The predicted octanol–water partition coefficient (Wildman–Crippen LogP) is 4.33. The van der Waals surface area contributed by atoms with Crippen LogP contribution in [-0.2, 0) is 11.0 Å². The van der Waals surface area contributed by atoms with Crippen LogP contribution in [0.3, 0.4) is 0 Å². The lowest BCUT2D eigenvalue weighted by Gasteiger charge is -2.33. The molecule has 2 aliphatic heterocycles. The Morgan fingerprint density at radius 1 is 0.902 bits per heavy atom. The minimum Gasteiger partial charge on any atom is -0.490 e. The first-order valence-corrected chi connectivity index (χ1v) is 13.7. The van der Waals surface area contributed by atoms with Crippen LogP contribution in [0.15, 0.2) is 43.0 Å². The van der Waals surface area contributed by atoms with Crippen LogP contribution >= 0.6 is 0 Å². The molecule has 3 aliphatic rings. The predicted molar refractivity (Wildman–Crippen MR) is 142 cm³/mol. The summed E-state index contributed by atoms with van der Waals surface area (Å²) in [4.78, 5) is 40.4. The fraction of sp³-hybridized carbons (Fsp3) is 0.464. The first-order valence-electron chi connectivity index (χ1n) is 13.7. The zero-order chi connectivity index (χ0) is 28.6. The summed E-state index contributed by atoms with van der Waals surface area (Å²) in [7, 11) is 0. The molecule has 3 fully saturated rings. The maximum atomic E-state index is 13.1. The van der Waals surface area contributed by atoms with Gasteiger partial charge in [-0.1, -0.05) is 0 Å². The second kappa shape index (κ2) is 11.1. The molecule has 0 bridgehead atoms. The lowest BCUT2D eigenvalue weighted by atomic mass is 9.92. The fourth-order valence-corrected chi connectivity index (χ4v) is 5.67. The Labute approximate surface area is 233 Å². The van der Waals surface area contributed by atoms with E-state index in [9.17, 15) is 22.8 Å². The van der Waals surface area contributed by atoms with Crippen LogP contribution in [0, 0.1) is 0 Å². The van der Waals surface area contributed by atoms with E-state index >= 15 is 0 Å². The Bertz CT molecular complexity index is 1440. The number of hydrogen-bond donors (Lipinski definition) is 1. The van der Waals surface area contributed by atoms with Gasteiger partial charge in [-0.25, -0.2) is 14.8 Å². The molecule has 1 aliphatic carbocycles. The van der Waals surface area contributed by atoms with Crippen molar-refractivity contribution in [1.82, 2.24) is 25.2 Å². The third-order valence-electron chi connectivity index (χ3n) is 7.81. The molecule has 1 saturated carbocycles. The van der Waals surface area contributed by atoms with E-state index in [-0.39, 0.29) is 30.5 Å². The van der Waals surface area contributed by atoms with E-state index in [4.69, 9.17) is 9.47 Å². The van der Waals surface area contributed by atoms with Crippen molar-refractivity contribution in [2.24, 2.45) is 0 Å². The van der Waals surface area contributed by atoms with E-state index in [2.05, 4.69) is 20.3 Å². The minimum atomic E-state index is -4.61. The van der Waals surface area contributed by atoms with Crippen molar-refractivity contribution < 1.29 is 32.2 Å². The highest BCUT2D eigenvalue weighted by molar-refractivity contribution is 6.12. The number of aromatic nitrogens is 3. The minimum absolute atomic E-state index is 0.0577. The van der Waals surface area contributed by atoms with Crippen LogP contribution in [0.2, 0.25) is 0 Å². The number of pyridine rings is 1. The maximum Gasteiger partial charge on any atom is 0.417 e. The average Bonchev–Trinajstić information content (AvgIpc) is 3.27. The molecular weight excluding hydrogens is 541 g/mol. The number of hydrogen-bond acceptors (Lipinski definition) is 8. The van der Waals surface area contributed by atoms with Gasteiger partial charge in [0, 0.05) is 18.3 Å². The Hall–Kier alpha value is -4.00. The summed E-state index contributed by atoms with van der Waals surface area (Å²) >= 11 is 0. The van der Waals surface area contributed by atoms with E-state index in [1.165, 1.54) is 11.2 Å². The van der Waals surface area contributed by atoms with Crippen molar-refractivity contribution in [1.29, 1.82) is 0 Å². The number of fused-ring (bicyclic) bond motifs is 1. The van der Waals surface area contributed by atoms with Gasteiger partial charge in [-0.15, -0.1) is 0 Å². The summed E-state index contributed by atoms with van der Waals surface area (Å²) in [6.45, 7) is 1.55. The number of imide groups is 1. The monoisotopic (exact) mass is 570 g/mol. The first kappa shape index (κ1) is 27.2. The van der Waals surface area contributed by atoms with Crippen molar-refractivity contribution in [2.75, 3.05) is 24.5 Å². The number of piperidine rings is 1. The largest absolute Gasteiger partial charge is 0.490 e. The lowest BCUT2D eigenvalue weighted by Crippen LogP contribution is -2.44.